The second-order valence-electron chi connectivity index (χ2n) is 3.21. The number of nitrogens with zero attached hydrogens (tertiary/aromatic N) is 1. The molecule has 0 aliphatic rings. The Hall–Kier alpha value is -1.72. The second kappa shape index (κ2) is 3.57. The van der Waals surface area contributed by atoms with Crippen molar-refractivity contribution in [2.45, 2.75) is 13.1 Å². The number of para-hydroxylation sites is 1. The molecule has 2 aromatic rings. The summed E-state index contributed by atoms with van der Waals surface area (Å²) in [6, 6.07) is 8.19. The first kappa shape index (κ1) is 8.86. The zero-order chi connectivity index (χ0) is 9.97. The van der Waals surface area contributed by atoms with Crippen molar-refractivity contribution in [2.24, 2.45) is 5.73 Å². The highest BCUT2D eigenvalue weighted by Crippen LogP contribution is 2.19. The van der Waals surface area contributed by atoms with Crippen LogP contribution in [0.2, 0.25) is 0 Å². The van der Waals surface area contributed by atoms with E-state index < -0.39 is 0 Å². The third-order valence-corrected chi connectivity index (χ3v) is 2.35. The number of benzene rings is 1. The molecule has 0 unspecified atom stereocenters. The van der Waals surface area contributed by atoms with Crippen molar-refractivity contribution in [2.75, 3.05) is 0 Å². The molecule has 0 aliphatic carbocycles. The van der Waals surface area contributed by atoms with Gasteiger partial charge in [0, 0.05) is 12.7 Å². The molecule has 0 amide bonds. The van der Waals surface area contributed by atoms with Gasteiger partial charge in [-0.25, -0.2) is 0 Å². The zero-order valence-electron chi connectivity index (χ0n) is 7.90. The van der Waals surface area contributed by atoms with Crippen LogP contribution in [0.25, 0.3) is 10.9 Å². The minimum absolute atomic E-state index is 0.548. The molecule has 2 N–H and O–H groups in total. The summed E-state index contributed by atoms with van der Waals surface area (Å²) >= 11 is 0. The fraction of sp³-hybridized carbons (Fsp3) is 0.167. The first-order valence-electron chi connectivity index (χ1n) is 4.57. The van der Waals surface area contributed by atoms with Crippen molar-refractivity contribution in [3.05, 3.63) is 36.0 Å². The van der Waals surface area contributed by atoms with Gasteiger partial charge >= 0.3 is 0 Å². The molecule has 0 radical (unpaired) electrons. The van der Waals surface area contributed by atoms with Gasteiger partial charge in [0.25, 0.3) is 0 Å². The highest BCUT2D eigenvalue weighted by molar-refractivity contribution is 5.83. The number of hydrogen-bond acceptors (Lipinski definition) is 1. The SMILES string of the molecule is C#CCn1ccc2cccc(CN)c21. The van der Waals surface area contributed by atoms with Crippen molar-refractivity contribution >= 4 is 10.9 Å². The zero-order valence-corrected chi connectivity index (χ0v) is 7.90. The van der Waals surface area contributed by atoms with Gasteiger partial charge in [-0.1, -0.05) is 24.1 Å². The average Bonchev–Trinajstić information content (AvgIpc) is 2.62. The fourth-order valence-electron chi connectivity index (χ4n) is 1.74. The van der Waals surface area contributed by atoms with E-state index in [-0.39, 0.29) is 0 Å². The van der Waals surface area contributed by atoms with Crippen LogP contribution in [-0.2, 0) is 13.1 Å². The van der Waals surface area contributed by atoms with Crippen molar-refractivity contribution in [3.8, 4) is 12.3 Å². The fourth-order valence-corrected chi connectivity index (χ4v) is 1.74. The summed E-state index contributed by atoms with van der Waals surface area (Å²) in [5.41, 5.74) is 7.98. The lowest BCUT2D eigenvalue weighted by atomic mass is 10.1. The summed E-state index contributed by atoms with van der Waals surface area (Å²) < 4.78 is 2.05. The molecule has 0 spiro atoms. The standard InChI is InChI=1S/C12H12N2/c1-2-7-14-8-6-10-4-3-5-11(9-13)12(10)14/h1,3-6,8H,7,9,13H2. The van der Waals surface area contributed by atoms with Crippen LogP contribution in [0.3, 0.4) is 0 Å². The van der Waals surface area contributed by atoms with Crippen LogP contribution in [0, 0.1) is 12.3 Å². The van der Waals surface area contributed by atoms with Crippen LogP contribution < -0.4 is 5.73 Å². The Kier molecular flexibility index (Phi) is 2.26. The maximum Gasteiger partial charge on any atom is 0.0835 e. The highest BCUT2D eigenvalue weighted by Gasteiger charge is 2.03. The molecule has 14 heavy (non-hydrogen) atoms. The molecular formula is C12H12N2. The molecule has 1 aromatic carbocycles. The van der Waals surface area contributed by atoms with Gasteiger partial charge in [0.2, 0.25) is 0 Å². The molecule has 0 saturated carbocycles. The molecule has 2 rings (SSSR count). The Labute approximate surface area is 83.3 Å². The lowest BCUT2D eigenvalue weighted by Gasteiger charge is -2.04. The number of terminal acetylenes is 1. The maximum absolute atomic E-state index is 5.68. The van der Waals surface area contributed by atoms with Crippen LogP contribution in [-0.4, -0.2) is 4.57 Å². The van der Waals surface area contributed by atoms with Crippen LogP contribution in [0.4, 0.5) is 0 Å². The van der Waals surface area contributed by atoms with Crippen molar-refractivity contribution in [1.29, 1.82) is 0 Å². The molecule has 70 valence electrons. The van der Waals surface area contributed by atoms with E-state index >= 15 is 0 Å². The van der Waals surface area contributed by atoms with Crippen LogP contribution in [0.1, 0.15) is 5.56 Å². The molecule has 0 fully saturated rings. The molecule has 0 saturated heterocycles. The van der Waals surface area contributed by atoms with Crippen LogP contribution >= 0.6 is 0 Å². The minimum Gasteiger partial charge on any atom is -0.336 e. The van der Waals surface area contributed by atoms with Gasteiger partial charge in [0.05, 0.1) is 12.1 Å². The monoisotopic (exact) mass is 184 g/mol. The Morgan fingerprint density at radius 2 is 2.21 bits per heavy atom. The molecule has 0 atom stereocenters. The van der Waals surface area contributed by atoms with E-state index in [9.17, 15) is 0 Å². The first-order chi connectivity index (χ1) is 6.86. The van der Waals surface area contributed by atoms with Gasteiger partial charge in [0.15, 0.2) is 0 Å². The number of fused-ring (bicyclic) bond motifs is 1. The average molecular weight is 184 g/mol. The van der Waals surface area contributed by atoms with Gasteiger partial charge in [-0.15, -0.1) is 6.42 Å². The summed E-state index contributed by atoms with van der Waals surface area (Å²) in [7, 11) is 0. The summed E-state index contributed by atoms with van der Waals surface area (Å²) in [6.45, 7) is 1.15. The molecule has 1 aromatic heterocycles. The third-order valence-electron chi connectivity index (χ3n) is 2.35. The van der Waals surface area contributed by atoms with E-state index in [1.807, 2.05) is 18.3 Å². The Morgan fingerprint density at radius 3 is 2.93 bits per heavy atom. The van der Waals surface area contributed by atoms with Gasteiger partial charge < -0.3 is 10.3 Å². The first-order valence-corrected chi connectivity index (χ1v) is 4.57. The van der Waals surface area contributed by atoms with E-state index in [2.05, 4.69) is 22.6 Å². The topological polar surface area (TPSA) is 30.9 Å². The summed E-state index contributed by atoms with van der Waals surface area (Å²) in [5, 5.41) is 1.20. The van der Waals surface area contributed by atoms with Crippen LogP contribution in [0.5, 0.6) is 0 Å². The number of hydrogen-bond donors (Lipinski definition) is 1. The molecule has 1 heterocycles. The number of nitrogens with two attached hydrogens (primary N) is 1. The lowest BCUT2D eigenvalue weighted by molar-refractivity contribution is 0.876. The Bertz CT molecular complexity index is 488. The second-order valence-corrected chi connectivity index (χ2v) is 3.21. The predicted octanol–water partition coefficient (Wildman–Crippen LogP) is 1.73. The lowest BCUT2D eigenvalue weighted by Crippen LogP contribution is -2.01. The molecule has 0 aliphatic heterocycles. The van der Waals surface area contributed by atoms with Gasteiger partial charge in [-0.05, 0) is 17.0 Å². The van der Waals surface area contributed by atoms with E-state index in [1.165, 1.54) is 5.39 Å². The number of rotatable bonds is 2. The Balaban J connectivity index is 2.69. The molecular weight excluding hydrogens is 172 g/mol. The normalized spacial score (nSPS) is 10.3. The van der Waals surface area contributed by atoms with Crippen molar-refractivity contribution in [1.82, 2.24) is 4.57 Å². The van der Waals surface area contributed by atoms with E-state index in [1.54, 1.807) is 0 Å². The van der Waals surface area contributed by atoms with Crippen molar-refractivity contribution < 1.29 is 0 Å². The molecule has 2 heteroatoms. The highest BCUT2D eigenvalue weighted by atomic mass is 14.9. The molecule has 2 nitrogen and oxygen atoms in total. The van der Waals surface area contributed by atoms with E-state index in [4.69, 9.17) is 12.2 Å². The van der Waals surface area contributed by atoms with Crippen LogP contribution in [0.15, 0.2) is 30.5 Å². The minimum atomic E-state index is 0.548. The largest absolute Gasteiger partial charge is 0.336 e. The van der Waals surface area contributed by atoms with Crippen molar-refractivity contribution in [3.63, 3.8) is 0 Å². The van der Waals surface area contributed by atoms with Gasteiger partial charge in [-0.3, -0.25) is 0 Å². The summed E-state index contributed by atoms with van der Waals surface area (Å²) in [4.78, 5) is 0. The number of aromatic nitrogens is 1. The maximum atomic E-state index is 5.68. The van der Waals surface area contributed by atoms with Gasteiger partial charge in [0.1, 0.15) is 0 Å². The third kappa shape index (κ3) is 1.28. The molecule has 0 bridgehead atoms. The Morgan fingerprint density at radius 1 is 1.36 bits per heavy atom. The quantitative estimate of drug-likeness (QED) is 0.708. The smallest absolute Gasteiger partial charge is 0.0835 e. The van der Waals surface area contributed by atoms with E-state index in [0.717, 1.165) is 11.1 Å². The predicted molar refractivity (Wildman–Crippen MR) is 58.7 cm³/mol. The summed E-state index contributed by atoms with van der Waals surface area (Å²) in [5.74, 6) is 2.64. The van der Waals surface area contributed by atoms with E-state index in [0.29, 0.717) is 13.1 Å². The summed E-state index contributed by atoms with van der Waals surface area (Å²) in [6.07, 6.45) is 7.30. The van der Waals surface area contributed by atoms with Gasteiger partial charge in [-0.2, -0.15) is 0 Å².